The smallest absolute Gasteiger partial charge is 0.388 e. The number of alkyl halides is 2. The first-order chi connectivity index (χ1) is 21.6. The van der Waals surface area contributed by atoms with Gasteiger partial charge in [0.1, 0.15) is 24.1 Å². The summed E-state index contributed by atoms with van der Waals surface area (Å²) in [5.41, 5.74) is 1.95. The van der Waals surface area contributed by atoms with E-state index in [4.69, 9.17) is 9.47 Å². The summed E-state index contributed by atoms with van der Waals surface area (Å²) in [7, 11) is 0. The van der Waals surface area contributed by atoms with Gasteiger partial charge in [-0.15, -0.1) is 0 Å². The van der Waals surface area contributed by atoms with Crippen LogP contribution in [0.2, 0.25) is 0 Å². The SMILES string of the molecule is Cc1ccc(COc2cccc(-c3cc(F)c(Cc4nc5ccc(C(=O)O)cc5n4C[C@@H]4CCO4)cc3F)n2)c(OC(F)F)n1. The standard InChI is InChI=1S/C32H26F4N4O5/c1-17-5-6-19(30(37-17)45-32(35)36)16-44-29-4-2-3-25(39-29)22-14-23(33)20(11-24(22)34)13-28-38-26-8-7-18(31(41)42)12-27(26)40(28)15-21-9-10-43-21/h2-8,11-12,14,21,32H,9-10,13,15-16H2,1H3,(H,41,42)/t21-/m0/s1. The van der Waals surface area contributed by atoms with Gasteiger partial charge in [-0.2, -0.15) is 8.78 Å². The molecule has 6 rings (SSSR count). The highest BCUT2D eigenvalue weighted by Crippen LogP contribution is 2.29. The Kier molecular flexibility index (Phi) is 8.35. The molecule has 5 aromatic rings. The van der Waals surface area contributed by atoms with Gasteiger partial charge < -0.3 is 23.9 Å². The second-order valence-electron chi connectivity index (χ2n) is 10.5. The Morgan fingerprint density at radius 1 is 1.04 bits per heavy atom. The van der Waals surface area contributed by atoms with Crippen molar-refractivity contribution in [3.05, 3.63) is 101 Å². The molecule has 13 heteroatoms. The summed E-state index contributed by atoms with van der Waals surface area (Å²) in [6.07, 6.45) is 0.666. The van der Waals surface area contributed by atoms with E-state index in [0.717, 1.165) is 18.6 Å². The third-order valence-corrected chi connectivity index (χ3v) is 7.39. The molecule has 2 aromatic carbocycles. The highest BCUT2D eigenvalue weighted by Gasteiger charge is 2.24. The van der Waals surface area contributed by atoms with Crippen molar-refractivity contribution in [3.8, 4) is 23.0 Å². The largest absolute Gasteiger partial charge is 0.478 e. The second kappa shape index (κ2) is 12.5. The number of rotatable bonds is 11. The van der Waals surface area contributed by atoms with Gasteiger partial charge in [0.2, 0.25) is 11.8 Å². The fraction of sp³-hybridized carbons (Fsp3) is 0.250. The van der Waals surface area contributed by atoms with E-state index in [1.54, 1.807) is 29.7 Å². The van der Waals surface area contributed by atoms with Gasteiger partial charge in [0.05, 0.1) is 40.5 Å². The summed E-state index contributed by atoms with van der Waals surface area (Å²) in [5.74, 6) is -2.30. The Morgan fingerprint density at radius 3 is 2.60 bits per heavy atom. The number of aryl methyl sites for hydroxylation is 1. The second-order valence-corrected chi connectivity index (χ2v) is 10.5. The molecule has 1 N–H and O–H groups in total. The molecule has 0 spiro atoms. The zero-order valence-corrected chi connectivity index (χ0v) is 23.8. The van der Waals surface area contributed by atoms with Crippen LogP contribution in [-0.2, 0) is 24.3 Å². The van der Waals surface area contributed by atoms with E-state index >= 15 is 8.78 Å². The summed E-state index contributed by atoms with van der Waals surface area (Å²) in [6.45, 7) is -0.637. The van der Waals surface area contributed by atoms with Crippen LogP contribution < -0.4 is 9.47 Å². The van der Waals surface area contributed by atoms with E-state index in [-0.39, 0.29) is 58.8 Å². The number of aromatic carboxylic acids is 1. The molecule has 1 aliphatic heterocycles. The van der Waals surface area contributed by atoms with Gasteiger partial charge in [0.25, 0.3) is 0 Å². The van der Waals surface area contributed by atoms with Crippen LogP contribution in [0.5, 0.6) is 11.8 Å². The van der Waals surface area contributed by atoms with Crippen LogP contribution in [0.3, 0.4) is 0 Å². The quantitative estimate of drug-likeness (QED) is 0.170. The monoisotopic (exact) mass is 622 g/mol. The first kappa shape index (κ1) is 30.0. The zero-order valence-electron chi connectivity index (χ0n) is 23.8. The lowest BCUT2D eigenvalue weighted by atomic mass is 10.0. The number of carboxylic acids is 1. The van der Waals surface area contributed by atoms with Gasteiger partial charge in [-0.1, -0.05) is 6.07 Å². The Labute approximate surface area is 254 Å². The van der Waals surface area contributed by atoms with E-state index in [1.807, 2.05) is 0 Å². The molecule has 1 aliphatic rings. The minimum Gasteiger partial charge on any atom is -0.478 e. The number of ether oxygens (including phenoxy) is 3. The first-order valence-corrected chi connectivity index (χ1v) is 14.0. The molecule has 1 saturated heterocycles. The number of pyridine rings is 2. The third kappa shape index (κ3) is 6.58. The van der Waals surface area contributed by atoms with Crippen LogP contribution >= 0.6 is 0 Å². The van der Waals surface area contributed by atoms with Crippen molar-refractivity contribution < 1.29 is 41.7 Å². The molecule has 1 atom stereocenters. The van der Waals surface area contributed by atoms with E-state index in [9.17, 15) is 18.7 Å². The molecule has 3 aromatic heterocycles. The molecule has 0 amide bonds. The van der Waals surface area contributed by atoms with Crippen molar-refractivity contribution >= 4 is 17.0 Å². The highest BCUT2D eigenvalue weighted by molar-refractivity contribution is 5.92. The van der Waals surface area contributed by atoms with Crippen molar-refractivity contribution in [2.24, 2.45) is 0 Å². The van der Waals surface area contributed by atoms with Gasteiger partial charge >= 0.3 is 12.6 Å². The van der Waals surface area contributed by atoms with Gasteiger partial charge in [0.15, 0.2) is 0 Å². The Balaban J connectivity index is 1.25. The molecule has 0 aliphatic carbocycles. The van der Waals surface area contributed by atoms with Crippen molar-refractivity contribution in [3.63, 3.8) is 0 Å². The Hall–Kier alpha value is -5.04. The van der Waals surface area contributed by atoms with Gasteiger partial charge in [-0.25, -0.2) is 28.5 Å². The van der Waals surface area contributed by atoms with Crippen molar-refractivity contribution in [1.29, 1.82) is 0 Å². The molecular formula is C32H26F4N4O5. The summed E-state index contributed by atoms with van der Waals surface area (Å²) < 4.78 is 74.1. The van der Waals surface area contributed by atoms with E-state index < -0.39 is 24.2 Å². The fourth-order valence-electron chi connectivity index (χ4n) is 5.02. The van der Waals surface area contributed by atoms with Gasteiger partial charge in [-0.05, 0) is 67.4 Å². The van der Waals surface area contributed by atoms with Crippen molar-refractivity contribution in [2.45, 2.75) is 45.6 Å². The number of aromatic nitrogens is 4. The Bertz CT molecular complexity index is 1890. The number of halogens is 4. The molecule has 0 radical (unpaired) electrons. The number of carbonyl (C=O) groups is 1. The van der Waals surface area contributed by atoms with Crippen LogP contribution in [-0.4, -0.2) is 49.9 Å². The van der Waals surface area contributed by atoms with E-state index in [0.29, 0.717) is 35.7 Å². The molecule has 45 heavy (non-hydrogen) atoms. The van der Waals surface area contributed by atoms with Gasteiger partial charge in [-0.3, -0.25) is 0 Å². The summed E-state index contributed by atoms with van der Waals surface area (Å²) in [5, 5.41) is 9.46. The first-order valence-electron chi connectivity index (χ1n) is 14.0. The Morgan fingerprint density at radius 2 is 1.87 bits per heavy atom. The summed E-state index contributed by atoms with van der Waals surface area (Å²) in [4.78, 5) is 24.4. The van der Waals surface area contributed by atoms with Crippen LogP contribution in [0.25, 0.3) is 22.3 Å². The van der Waals surface area contributed by atoms with Crippen LogP contribution in [0, 0.1) is 18.6 Å². The lowest BCUT2D eigenvalue weighted by molar-refractivity contribution is -0.0590. The molecule has 4 heterocycles. The molecule has 9 nitrogen and oxygen atoms in total. The number of carboxylic acid groups (broad SMARTS) is 1. The summed E-state index contributed by atoms with van der Waals surface area (Å²) >= 11 is 0. The minimum atomic E-state index is -3.07. The average molecular weight is 623 g/mol. The molecule has 232 valence electrons. The normalized spacial score (nSPS) is 14.5. The van der Waals surface area contributed by atoms with Crippen molar-refractivity contribution in [1.82, 2.24) is 19.5 Å². The predicted molar refractivity (Wildman–Crippen MR) is 153 cm³/mol. The maximum atomic E-state index is 15.5. The maximum Gasteiger partial charge on any atom is 0.388 e. The molecule has 0 saturated carbocycles. The molecule has 0 unspecified atom stereocenters. The lowest BCUT2D eigenvalue weighted by Crippen LogP contribution is -2.31. The minimum absolute atomic E-state index is 0.0478. The average Bonchev–Trinajstić information content (AvgIpc) is 3.32. The molecule has 1 fully saturated rings. The zero-order chi connectivity index (χ0) is 31.7. The summed E-state index contributed by atoms with van der Waals surface area (Å²) in [6, 6.07) is 14.3. The molecular weight excluding hydrogens is 596 g/mol. The number of fused-ring (bicyclic) bond motifs is 1. The lowest BCUT2D eigenvalue weighted by Gasteiger charge is -2.27. The van der Waals surface area contributed by atoms with Crippen molar-refractivity contribution in [2.75, 3.05) is 6.61 Å². The number of hydrogen-bond acceptors (Lipinski definition) is 7. The molecule has 0 bridgehead atoms. The fourth-order valence-corrected chi connectivity index (χ4v) is 5.02. The predicted octanol–water partition coefficient (Wildman–Crippen LogP) is 6.34. The number of hydrogen-bond donors (Lipinski definition) is 1. The number of imidazole rings is 1. The van der Waals surface area contributed by atoms with Gasteiger partial charge in [0, 0.05) is 30.4 Å². The maximum absolute atomic E-state index is 15.5. The number of nitrogens with zero attached hydrogens (tertiary/aromatic N) is 4. The van der Waals surface area contributed by atoms with E-state index in [1.165, 1.54) is 30.3 Å². The topological polar surface area (TPSA) is 109 Å². The number of benzene rings is 2. The highest BCUT2D eigenvalue weighted by atomic mass is 19.3. The van der Waals surface area contributed by atoms with E-state index in [2.05, 4.69) is 19.7 Å². The van der Waals surface area contributed by atoms with Crippen LogP contribution in [0.15, 0.2) is 60.7 Å². The third-order valence-electron chi connectivity index (χ3n) is 7.39. The van der Waals surface area contributed by atoms with Crippen LogP contribution in [0.4, 0.5) is 17.6 Å². The van der Waals surface area contributed by atoms with Crippen LogP contribution in [0.1, 0.15) is 39.4 Å².